The third-order valence-electron chi connectivity index (χ3n) is 5.92. The molecule has 0 bridgehead atoms. The Kier molecular flexibility index (Phi) is 5.82. The third-order valence-corrected chi connectivity index (χ3v) is 5.92. The Morgan fingerprint density at radius 3 is 2.32 bits per heavy atom. The van der Waals surface area contributed by atoms with E-state index in [2.05, 4.69) is 11.4 Å². The van der Waals surface area contributed by atoms with Crippen LogP contribution in [0.25, 0.3) is 0 Å². The summed E-state index contributed by atoms with van der Waals surface area (Å²) >= 11 is 0. The predicted octanol–water partition coefficient (Wildman–Crippen LogP) is 1.21. The number of hydrogen-bond acceptors (Lipinski definition) is 6. The normalized spacial score (nSPS) is 26.9. The Morgan fingerprint density at radius 2 is 1.79 bits per heavy atom. The van der Waals surface area contributed by atoms with Crippen molar-refractivity contribution in [3.8, 4) is 6.07 Å². The van der Waals surface area contributed by atoms with Gasteiger partial charge in [-0.15, -0.1) is 0 Å². The highest BCUT2D eigenvalue weighted by molar-refractivity contribution is 6.08. The van der Waals surface area contributed by atoms with Crippen LogP contribution in [0, 0.1) is 23.2 Å². The number of esters is 1. The molecular formula is C20H25N3O5. The van der Waals surface area contributed by atoms with E-state index >= 15 is 0 Å². The molecule has 150 valence electrons. The van der Waals surface area contributed by atoms with Crippen LogP contribution in [0.4, 0.5) is 0 Å². The number of fused-ring (bicyclic) bond motifs is 1. The lowest BCUT2D eigenvalue weighted by Crippen LogP contribution is -2.50. The van der Waals surface area contributed by atoms with Crippen molar-refractivity contribution >= 4 is 23.7 Å². The Balaban J connectivity index is 1.54. The van der Waals surface area contributed by atoms with Gasteiger partial charge >= 0.3 is 5.97 Å². The van der Waals surface area contributed by atoms with Gasteiger partial charge in [-0.3, -0.25) is 19.3 Å². The first-order valence-corrected chi connectivity index (χ1v) is 9.79. The third kappa shape index (κ3) is 3.79. The first kappa shape index (κ1) is 20.1. The van der Waals surface area contributed by atoms with Gasteiger partial charge in [0.1, 0.15) is 11.6 Å². The second kappa shape index (κ2) is 8.13. The van der Waals surface area contributed by atoms with Crippen molar-refractivity contribution in [2.75, 3.05) is 6.61 Å². The van der Waals surface area contributed by atoms with Gasteiger partial charge in [-0.2, -0.15) is 5.26 Å². The molecule has 0 unspecified atom stereocenters. The van der Waals surface area contributed by atoms with Crippen molar-refractivity contribution in [3.63, 3.8) is 0 Å². The molecule has 0 aromatic carbocycles. The Bertz CT molecular complexity index is 721. The summed E-state index contributed by atoms with van der Waals surface area (Å²) in [6, 6.07) is 1.08. The van der Waals surface area contributed by atoms with Crippen molar-refractivity contribution in [1.82, 2.24) is 10.2 Å². The number of allylic oxidation sites excluding steroid dienone is 2. The van der Waals surface area contributed by atoms with Gasteiger partial charge in [0, 0.05) is 0 Å². The number of imide groups is 1. The molecule has 0 radical (unpaired) electrons. The van der Waals surface area contributed by atoms with E-state index in [-0.39, 0.29) is 11.8 Å². The maximum absolute atomic E-state index is 12.5. The highest BCUT2D eigenvalue weighted by atomic mass is 16.5. The number of rotatable bonds is 5. The Labute approximate surface area is 163 Å². The van der Waals surface area contributed by atoms with E-state index in [0.29, 0.717) is 25.7 Å². The second-order valence-electron chi connectivity index (χ2n) is 7.79. The molecule has 3 rings (SSSR count). The molecule has 0 aromatic heterocycles. The van der Waals surface area contributed by atoms with E-state index in [4.69, 9.17) is 4.74 Å². The molecule has 1 saturated carbocycles. The van der Waals surface area contributed by atoms with Crippen molar-refractivity contribution in [1.29, 1.82) is 5.26 Å². The minimum atomic E-state index is -1.09. The van der Waals surface area contributed by atoms with Crippen LogP contribution in [0.3, 0.4) is 0 Å². The summed E-state index contributed by atoms with van der Waals surface area (Å²) in [6.45, 7) is 0.885. The number of carbonyl (C=O) groups is 4. The predicted molar refractivity (Wildman–Crippen MR) is 97.2 cm³/mol. The van der Waals surface area contributed by atoms with Crippen molar-refractivity contribution in [2.24, 2.45) is 11.8 Å². The zero-order valence-corrected chi connectivity index (χ0v) is 16.0. The molecule has 2 fully saturated rings. The van der Waals surface area contributed by atoms with Crippen molar-refractivity contribution in [2.45, 2.75) is 63.5 Å². The zero-order valence-electron chi connectivity index (χ0n) is 16.0. The van der Waals surface area contributed by atoms with Crippen molar-refractivity contribution < 1.29 is 23.9 Å². The van der Waals surface area contributed by atoms with E-state index < -0.39 is 41.9 Å². The molecule has 1 aliphatic heterocycles. The summed E-state index contributed by atoms with van der Waals surface area (Å²) in [5.41, 5.74) is -0.906. The van der Waals surface area contributed by atoms with Crippen LogP contribution in [0.15, 0.2) is 12.2 Å². The van der Waals surface area contributed by atoms with Gasteiger partial charge in [-0.1, -0.05) is 31.4 Å². The SMILES string of the molecule is C[C@@H](C(=O)OCC(=O)NC1(C#N)CCCCC1)N1C(=O)[C@H]2CC=CC[C@H]2C1=O. The molecular weight excluding hydrogens is 362 g/mol. The number of ether oxygens (including phenoxy) is 1. The van der Waals surface area contributed by atoms with E-state index in [0.717, 1.165) is 24.2 Å². The number of nitrogens with one attached hydrogen (secondary N) is 1. The monoisotopic (exact) mass is 387 g/mol. The number of hydrogen-bond donors (Lipinski definition) is 1. The molecule has 0 spiro atoms. The van der Waals surface area contributed by atoms with Crippen LogP contribution in [0.2, 0.25) is 0 Å². The highest BCUT2D eigenvalue weighted by Gasteiger charge is 2.50. The minimum absolute atomic E-state index is 0.362. The average molecular weight is 387 g/mol. The summed E-state index contributed by atoms with van der Waals surface area (Å²) in [5.74, 6) is -2.92. The largest absolute Gasteiger partial charge is 0.454 e. The summed E-state index contributed by atoms with van der Waals surface area (Å²) in [5, 5.41) is 12.1. The Morgan fingerprint density at radius 1 is 1.21 bits per heavy atom. The number of carbonyl (C=O) groups excluding carboxylic acids is 4. The second-order valence-corrected chi connectivity index (χ2v) is 7.79. The van der Waals surface area contributed by atoms with Gasteiger partial charge in [0.15, 0.2) is 6.61 Å². The average Bonchev–Trinajstić information content (AvgIpc) is 2.97. The first-order chi connectivity index (χ1) is 13.4. The fourth-order valence-corrected chi connectivity index (χ4v) is 4.29. The van der Waals surface area contributed by atoms with E-state index in [1.165, 1.54) is 6.92 Å². The van der Waals surface area contributed by atoms with Crippen LogP contribution in [-0.4, -0.2) is 46.8 Å². The van der Waals surface area contributed by atoms with Gasteiger partial charge in [0.05, 0.1) is 17.9 Å². The van der Waals surface area contributed by atoms with Crippen LogP contribution < -0.4 is 5.32 Å². The lowest BCUT2D eigenvalue weighted by Gasteiger charge is -2.31. The zero-order chi connectivity index (χ0) is 20.3. The molecule has 3 atom stereocenters. The van der Waals surface area contributed by atoms with Crippen LogP contribution in [0.5, 0.6) is 0 Å². The number of nitrogens with zero attached hydrogens (tertiary/aromatic N) is 2. The summed E-state index contributed by atoms with van der Waals surface area (Å²) in [7, 11) is 0. The quantitative estimate of drug-likeness (QED) is 0.431. The standard InChI is InChI=1S/C20H25N3O5/c1-13(23-17(25)14-7-3-4-8-15(14)18(23)26)19(27)28-11-16(24)22-20(12-21)9-5-2-6-10-20/h3-4,13-15H,2,5-11H2,1H3,(H,22,24)/t13-,14-,15+/m0/s1. The van der Waals surface area contributed by atoms with Crippen LogP contribution >= 0.6 is 0 Å². The minimum Gasteiger partial charge on any atom is -0.454 e. The molecule has 3 aliphatic rings. The number of likely N-dealkylation sites (tertiary alicyclic amines) is 1. The van der Waals surface area contributed by atoms with Gasteiger partial charge in [0.2, 0.25) is 11.8 Å². The fourth-order valence-electron chi connectivity index (χ4n) is 4.29. The molecule has 28 heavy (non-hydrogen) atoms. The molecule has 8 heteroatoms. The van der Waals surface area contributed by atoms with Gasteiger partial charge in [-0.25, -0.2) is 4.79 Å². The maximum atomic E-state index is 12.5. The lowest BCUT2D eigenvalue weighted by atomic mass is 9.83. The molecule has 1 heterocycles. The maximum Gasteiger partial charge on any atom is 0.329 e. The fraction of sp³-hybridized carbons (Fsp3) is 0.650. The molecule has 1 N–H and O–H groups in total. The smallest absolute Gasteiger partial charge is 0.329 e. The lowest BCUT2D eigenvalue weighted by molar-refractivity contribution is -0.159. The molecule has 0 aromatic rings. The topological polar surface area (TPSA) is 117 Å². The van der Waals surface area contributed by atoms with Gasteiger partial charge < -0.3 is 10.1 Å². The van der Waals surface area contributed by atoms with Crippen molar-refractivity contribution in [3.05, 3.63) is 12.2 Å². The summed E-state index contributed by atoms with van der Waals surface area (Å²) < 4.78 is 5.04. The molecule has 1 saturated heterocycles. The summed E-state index contributed by atoms with van der Waals surface area (Å²) in [4.78, 5) is 50.5. The number of amides is 3. The first-order valence-electron chi connectivity index (χ1n) is 9.79. The van der Waals surface area contributed by atoms with Gasteiger partial charge in [-0.05, 0) is 32.6 Å². The summed E-state index contributed by atoms with van der Waals surface area (Å²) in [6.07, 6.45) is 8.64. The molecule has 3 amide bonds. The van der Waals surface area contributed by atoms with E-state index in [1.807, 2.05) is 12.2 Å². The van der Waals surface area contributed by atoms with Crippen LogP contribution in [0.1, 0.15) is 51.9 Å². The van der Waals surface area contributed by atoms with E-state index in [1.54, 1.807) is 0 Å². The van der Waals surface area contributed by atoms with Crippen LogP contribution in [-0.2, 0) is 23.9 Å². The van der Waals surface area contributed by atoms with E-state index in [9.17, 15) is 24.4 Å². The Hall–Kier alpha value is -2.69. The molecule has 2 aliphatic carbocycles. The number of nitriles is 1. The van der Waals surface area contributed by atoms with Gasteiger partial charge in [0.25, 0.3) is 5.91 Å². The molecule has 8 nitrogen and oxygen atoms in total. The highest BCUT2D eigenvalue weighted by Crippen LogP contribution is 2.36.